The van der Waals surface area contributed by atoms with Crippen molar-refractivity contribution in [2.75, 3.05) is 6.54 Å². The summed E-state index contributed by atoms with van der Waals surface area (Å²) >= 11 is 3.39. The quantitative estimate of drug-likeness (QED) is 0.421. The number of carbonyl (C=O) groups excluding carboxylic acids is 3. The van der Waals surface area contributed by atoms with Gasteiger partial charge in [-0.25, -0.2) is 4.79 Å². The minimum atomic E-state index is -1.22. The highest BCUT2D eigenvalue weighted by molar-refractivity contribution is 9.10. The van der Waals surface area contributed by atoms with Gasteiger partial charge in [0.2, 0.25) is 0 Å². The summed E-state index contributed by atoms with van der Waals surface area (Å²) in [6.07, 6.45) is 1.61. The van der Waals surface area contributed by atoms with Crippen LogP contribution in [0, 0.1) is 13.8 Å². The van der Waals surface area contributed by atoms with E-state index in [-0.39, 0.29) is 12.3 Å². The molecule has 1 N–H and O–H groups in total. The lowest BCUT2D eigenvalue weighted by molar-refractivity contribution is -0.130. The van der Waals surface area contributed by atoms with Crippen LogP contribution in [0.25, 0.3) is 0 Å². The fourth-order valence-electron chi connectivity index (χ4n) is 3.95. The lowest BCUT2D eigenvalue weighted by Crippen LogP contribution is -2.41. The van der Waals surface area contributed by atoms with Crippen LogP contribution < -0.4 is 5.32 Å². The zero-order valence-corrected chi connectivity index (χ0v) is 19.0. The van der Waals surface area contributed by atoms with E-state index in [1.807, 2.05) is 36.6 Å². The molecule has 2 aromatic heterocycles. The second-order valence-corrected chi connectivity index (χ2v) is 8.75. The Morgan fingerprint density at radius 1 is 1.16 bits per heavy atom. The summed E-state index contributed by atoms with van der Waals surface area (Å²) in [5.74, 6) is 0.0359. The molecule has 4 rings (SSSR count). The van der Waals surface area contributed by atoms with Crippen molar-refractivity contribution >= 4 is 33.7 Å². The molecule has 3 aromatic rings. The van der Waals surface area contributed by atoms with Gasteiger partial charge in [-0.15, -0.1) is 0 Å². The first kappa shape index (κ1) is 21.1. The molecule has 0 aliphatic carbocycles. The first-order valence-electron chi connectivity index (χ1n) is 9.83. The number of furan rings is 1. The first-order chi connectivity index (χ1) is 14.7. The summed E-state index contributed by atoms with van der Waals surface area (Å²) < 4.78 is 8.19. The Balaban J connectivity index is 1.56. The molecule has 0 spiro atoms. The monoisotopic (exact) mass is 483 g/mol. The van der Waals surface area contributed by atoms with E-state index < -0.39 is 17.5 Å². The third-order valence-electron chi connectivity index (χ3n) is 5.75. The molecule has 160 valence electrons. The number of ketones is 1. The maximum absolute atomic E-state index is 13.1. The third kappa shape index (κ3) is 3.72. The molecule has 8 heteroatoms. The zero-order chi connectivity index (χ0) is 22.3. The fourth-order valence-corrected chi connectivity index (χ4v) is 4.35. The SMILES string of the molecule is Cc1cc(C(=O)CN2C(=O)N[C@@](C)(c3cccc(Br)c3)C2=O)c(C)n1Cc1ccco1. The number of halogens is 1. The number of rotatable bonds is 6. The smallest absolute Gasteiger partial charge is 0.325 e. The summed E-state index contributed by atoms with van der Waals surface area (Å²) in [4.78, 5) is 39.8. The van der Waals surface area contributed by atoms with Crippen LogP contribution in [0.5, 0.6) is 0 Å². The molecular weight excluding hydrogens is 462 g/mol. The summed E-state index contributed by atoms with van der Waals surface area (Å²) in [6.45, 7) is 5.58. The van der Waals surface area contributed by atoms with Gasteiger partial charge in [-0.05, 0) is 56.7 Å². The van der Waals surface area contributed by atoms with Gasteiger partial charge in [0, 0.05) is 21.4 Å². The summed E-state index contributed by atoms with van der Waals surface area (Å²) in [6, 6.07) is 12.1. The minimum absolute atomic E-state index is 0.291. The predicted octanol–water partition coefficient (Wildman–Crippen LogP) is 4.16. The minimum Gasteiger partial charge on any atom is -0.467 e. The predicted molar refractivity (Wildman–Crippen MR) is 118 cm³/mol. The van der Waals surface area contributed by atoms with Gasteiger partial charge in [-0.3, -0.25) is 14.5 Å². The molecule has 1 aromatic carbocycles. The molecule has 7 nitrogen and oxygen atoms in total. The summed E-state index contributed by atoms with van der Waals surface area (Å²) in [7, 11) is 0. The number of amides is 3. The molecular formula is C23H22BrN3O4. The van der Waals surface area contributed by atoms with Crippen LogP contribution in [0.2, 0.25) is 0 Å². The molecule has 0 unspecified atom stereocenters. The average Bonchev–Trinajstić information content (AvgIpc) is 3.39. The molecule has 0 saturated carbocycles. The number of Topliss-reactive ketones (excluding diaryl/α,β-unsaturated/α-hetero) is 1. The Hall–Kier alpha value is -3.13. The average molecular weight is 484 g/mol. The number of urea groups is 1. The maximum atomic E-state index is 13.1. The van der Waals surface area contributed by atoms with Crippen molar-refractivity contribution in [3.63, 3.8) is 0 Å². The topological polar surface area (TPSA) is 84.5 Å². The Bertz CT molecular complexity index is 1180. The number of carbonyl (C=O) groups is 3. The van der Waals surface area contributed by atoms with Crippen LogP contribution in [-0.4, -0.2) is 33.7 Å². The Morgan fingerprint density at radius 2 is 1.94 bits per heavy atom. The lowest BCUT2D eigenvalue weighted by atomic mass is 9.92. The van der Waals surface area contributed by atoms with E-state index in [9.17, 15) is 14.4 Å². The van der Waals surface area contributed by atoms with Gasteiger partial charge in [-0.1, -0.05) is 28.1 Å². The van der Waals surface area contributed by atoms with Gasteiger partial charge in [0.05, 0.1) is 19.4 Å². The Morgan fingerprint density at radius 3 is 2.61 bits per heavy atom. The highest BCUT2D eigenvalue weighted by Crippen LogP contribution is 2.30. The number of hydrogen-bond acceptors (Lipinski definition) is 4. The van der Waals surface area contributed by atoms with Gasteiger partial charge in [0.1, 0.15) is 11.3 Å². The summed E-state index contributed by atoms with van der Waals surface area (Å²) in [5.41, 5.74) is 1.57. The number of imide groups is 1. The van der Waals surface area contributed by atoms with Crippen LogP contribution >= 0.6 is 15.9 Å². The zero-order valence-electron chi connectivity index (χ0n) is 17.4. The third-order valence-corrected chi connectivity index (χ3v) is 6.24. The second-order valence-electron chi connectivity index (χ2n) is 7.83. The van der Waals surface area contributed by atoms with Crippen LogP contribution in [0.4, 0.5) is 4.79 Å². The molecule has 31 heavy (non-hydrogen) atoms. The van der Waals surface area contributed by atoms with Crippen molar-refractivity contribution in [3.8, 4) is 0 Å². The molecule has 1 saturated heterocycles. The van der Waals surface area contributed by atoms with Gasteiger partial charge in [-0.2, -0.15) is 0 Å². The number of aryl methyl sites for hydroxylation is 1. The van der Waals surface area contributed by atoms with E-state index in [1.165, 1.54) is 0 Å². The molecule has 1 aliphatic rings. The van der Waals surface area contributed by atoms with Crippen molar-refractivity contribution in [1.82, 2.24) is 14.8 Å². The van der Waals surface area contributed by atoms with E-state index in [1.54, 1.807) is 37.5 Å². The standard InChI is InChI=1S/C23H22BrN3O4/c1-14-10-19(15(2)26(14)12-18-8-5-9-31-18)20(28)13-27-21(29)23(3,25-22(27)30)16-6-4-7-17(24)11-16/h4-11H,12-13H2,1-3H3,(H,25,30)/t23-/m0/s1. The van der Waals surface area contributed by atoms with Crippen LogP contribution in [0.1, 0.15) is 40.0 Å². The second kappa shape index (κ2) is 7.85. The van der Waals surface area contributed by atoms with Crippen LogP contribution in [0.15, 0.2) is 57.6 Å². The van der Waals surface area contributed by atoms with Crippen LogP contribution in [-0.2, 0) is 16.9 Å². The molecule has 3 amide bonds. The maximum Gasteiger partial charge on any atom is 0.325 e. The number of benzene rings is 1. The van der Waals surface area contributed by atoms with Crippen molar-refractivity contribution in [3.05, 3.63) is 81.5 Å². The van der Waals surface area contributed by atoms with E-state index in [2.05, 4.69) is 21.2 Å². The molecule has 3 heterocycles. The van der Waals surface area contributed by atoms with Gasteiger partial charge >= 0.3 is 6.03 Å². The normalized spacial score (nSPS) is 18.5. The molecule has 1 aliphatic heterocycles. The molecule has 0 radical (unpaired) electrons. The van der Waals surface area contributed by atoms with E-state index >= 15 is 0 Å². The number of nitrogens with one attached hydrogen (secondary N) is 1. The Labute approximate surface area is 188 Å². The number of aromatic nitrogens is 1. The summed E-state index contributed by atoms with van der Waals surface area (Å²) in [5, 5.41) is 2.74. The largest absolute Gasteiger partial charge is 0.467 e. The van der Waals surface area contributed by atoms with Crippen LogP contribution in [0.3, 0.4) is 0 Å². The first-order valence-corrected chi connectivity index (χ1v) is 10.6. The molecule has 1 atom stereocenters. The number of hydrogen-bond donors (Lipinski definition) is 1. The highest BCUT2D eigenvalue weighted by Gasteiger charge is 2.49. The van der Waals surface area contributed by atoms with Gasteiger partial charge < -0.3 is 14.3 Å². The highest BCUT2D eigenvalue weighted by atomic mass is 79.9. The lowest BCUT2D eigenvalue weighted by Gasteiger charge is -2.22. The van der Waals surface area contributed by atoms with E-state index in [4.69, 9.17) is 4.42 Å². The number of nitrogens with zero attached hydrogens (tertiary/aromatic N) is 2. The van der Waals surface area contributed by atoms with Crippen molar-refractivity contribution in [1.29, 1.82) is 0 Å². The molecule has 1 fully saturated rings. The Kier molecular flexibility index (Phi) is 5.35. The van der Waals surface area contributed by atoms with E-state index in [0.29, 0.717) is 17.7 Å². The van der Waals surface area contributed by atoms with Gasteiger partial charge in [0.15, 0.2) is 5.78 Å². The van der Waals surface area contributed by atoms with Crippen molar-refractivity contribution in [2.45, 2.75) is 32.9 Å². The van der Waals surface area contributed by atoms with E-state index in [0.717, 1.165) is 26.5 Å². The molecule has 0 bridgehead atoms. The van der Waals surface area contributed by atoms with Gasteiger partial charge in [0.25, 0.3) is 5.91 Å². The van der Waals surface area contributed by atoms with Crippen molar-refractivity contribution in [2.24, 2.45) is 0 Å². The van der Waals surface area contributed by atoms with Crippen molar-refractivity contribution < 1.29 is 18.8 Å². The fraction of sp³-hybridized carbons (Fsp3) is 0.261.